The van der Waals surface area contributed by atoms with Crippen LogP contribution in [0.1, 0.15) is 35.3 Å². The lowest BCUT2D eigenvalue weighted by Gasteiger charge is -2.35. The highest BCUT2D eigenvalue weighted by molar-refractivity contribution is 6.21. The van der Waals surface area contributed by atoms with Gasteiger partial charge in [0, 0.05) is 12.0 Å². The van der Waals surface area contributed by atoms with E-state index in [9.17, 15) is 32.3 Å². The molecule has 0 fully saturated rings. The lowest BCUT2D eigenvalue weighted by molar-refractivity contribution is -0.152. The summed E-state index contributed by atoms with van der Waals surface area (Å²) in [4.78, 5) is 50.4. The number of fused-ring (bicyclic) bond motifs is 1. The third kappa shape index (κ3) is 3.89. The second-order valence-corrected chi connectivity index (χ2v) is 6.05. The van der Waals surface area contributed by atoms with Gasteiger partial charge in [0.25, 0.3) is 0 Å². The highest BCUT2D eigenvalue weighted by Crippen LogP contribution is 2.42. The molecule has 0 aliphatic heterocycles. The number of hydrogen-bond acceptors (Lipinski definition) is 7. The van der Waals surface area contributed by atoms with Gasteiger partial charge < -0.3 is 14.2 Å². The van der Waals surface area contributed by atoms with E-state index in [-0.39, 0.29) is 18.2 Å². The maximum atomic E-state index is 13.5. The second-order valence-electron chi connectivity index (χ2n) is 6.05. The molecule has 0 radical (unpaired) electrons. The minimum absolute atomic E-state index is 0.125. The van der Waals surface area contributed by atoms with E-state index in [0.717, 1.165) is 25.3 Å². The number of ketones is 1. The maximum absolute atomic E-state index is 13.5. The number of nitrogens with one attached hydrogen (secondary N) is 1. The molecule has 0 saturated carbocycles. The maximum Gasteiger partial charge on any atom is 0.430 e. The van der Waals surface area contributed by atoms with E-state index >= 15 is 0 Å². The standard InChI is InChI=1S/C18H19F3N2O7/c1-4-29-15(26)22-23(16(27)30-5-2)17(14(25)28-3)9-11-10(13(17)24)7-6-8-12(11)18(19,20)21/h6-8H,4-5,9H2,1-3H3,(H,22,26)/t17-/m0/s1. The lowest BCUT2D eigenvalue weighted by atomic mass is 9.93. The van der Waals surface area contributed by atoms with Crippen LogP contribution in [0.2, 0.25) is 0 Å². The average Bonchev–Trinajstić information content (AvgIpc) is 2.98. The quantitative estimate of drug-likeness (QED) is 0.337. The number of amides is 2. The van der Waals surface area contributed by atoms with Gasteiger partial charge >= 0.3 is 24.3 Å². The van der Waals surface area contributed by atoms with Gasteiger partial charge in [0.05, 0.1) is 25.9 Å². The minimum atomic E-state index is -4.83. The topological polar surface area (TPSA) is 111 Å². The van der Waals surface area contributed by atoms with E-state index in [1.54, 1.807) is 0 Å². The van der Waals surface area contributed by atoms with Gasteiger partial charge in [-0.15, -0.1) is 0 Å². The summed E-state index contributed by atoms with van der Waals surface area (Å²) in [6.45, 7) is 2.53. The molecule has 0 spiro atoms. The second kappa shape index (κ2) is 8.59. The van der Waals surface area contributed by atoms with E-state index in [1.807, 2.05) is 5.43 Å². The van der Waals surface area contributed by atoms with E-state index < -0.39 is 58.8 Å². The van der Waals surface area contributed by atoms with Crippen LogP contribution in [0.25, 0.3) is 0 Å². The Kier molecular flexibility index (Phi) is 6.58. The molecule has 0 unspecified atom stereocenters. The molecule has 30 heavy (non-hydrogen) atoms. The normalized spacial score (nSPS) is 17.7. The predicted octanol–water partition coefficient (Wildman–Crippen LogP) is 2.48. The fourth-order valence-electron chi connectivity index (χ4n) is 3.16. The number of nitrogens with zero attached hydrogens (tertiary/aromatic N) is 1. The molecular formula is C18H19F3N2O7. The first-order valence-corrected chi connectivity index (χ1v) is 8.77. The number of esters is 1. The Morgan fingerprint density at radius 1 is 1.17 bits per heavy atom. The van der Waals surface area contributed by atoms with Crippen molar-refractivity contribution in [3.8, 4) is 0 Å². The summed E-state index contributed by atoms with van der Waals surface area (Å²) in [5, 5.41) is 0.225. The van der Waals surface area contributed by atoms with Crippen LogP contribution < -0.4 is 5.43 Å². The molecule has 2 rings (SSSR count). The number of hydrazine groups is 1. The van der Waals surface area contributed by atoms with Gasteiger partial charge in [-0.05, 0) is 25.5 Å². The smallest absolute Gasteiger partial charge is 0.430 e. The van der Waals surface area contributed by atoms with E-state index in [0.29, 0.717) is 0 Å². The average molecular weight is 432 g/mol. The van der Waals surface area contributed by atoms with Crippen LogP contribution in [0, 0.1) is 0 Å². The number of halogens is 3. The molecule has 1 aliphatic rings. The number of carbonyl (C=O) groups excluding carboxylic acids is 4. The third-order valence-corrected chi connectivity index (χ3v) is 4.37. The zero-order valence-corrected chi connectivity index (χ0v) is 16.3. The van der Waals surface area contributed by atoms with Crippen LogP contribution in [-0.4, -0.2) is 54.8 Å². The molecule has 1 N–H and O–H groups in total. The van der Waals surface area contributed by atoms with Gasteiger partial charge in [-0.3, -0.25) is 4.79 Å². The van der Waals surface area contributed by atoms with Gasteiger partial charge in [0.1, 0.15) is 0 Å². The Morgan fingerprint density at radius 2 is 1.80 bits per heavy atom. The van der Waals surface area contributed by atoms with Crippen LogP contribution in [-0.2, 0) is 31.6 Å². The number of rotatable bonds is 4. The number of alkyl halides is 3. The molecule has 9 nitrogen and oxygen atoms in total. The SMILES string of the molecule is CCOC(=O)NN(C(=O)OCC)[C@@]1(C(=O)OC)Cc2c(cccc2C(F)(F)F)C1=O. The lowest BCUT2D eigenvalue weighted by Crippen LogP contribution is -2.67. The zero-order valence-electron chi connectivity index (χ0n) is 16.3. The van der Waals surface area contributed by atoms with Crippen molar-refractivity contribution in [3.63, 3.8) is 0 Å². The Hall–Kier alpha value is -3.31. The molecule has 12 heteroatoms. The van der Waals surface area contributed by atoms with Crippen molar-refractivity contribution in [1.82, 2.24) is 10.4 Å². The van der Waals surface area contributed by atoms with Crippen molar-refractivity contribution in [3.05, 3.63) is 34.9 Å². The summed E-state index contributed by atoms with van der Waals surface area (Å²) in [5.41, 5.74) is -2.84. The molecule has 1 aromatic carbocycles. The minimum Gasteiger partial charge on any atom is -0.467 e. The van der Waals surface area contributed by atoms with Crippen LogP contribution in [0.4, 0.5) is 22.8 Å². The molecule has 1 aliphatic carbocycles. The molecule has 1 atom stereocenters. The summed E-state index contributed by atoms with van der Waals surface area (Å²) in [7, 11) is 0.888. The molecule has 164 valence electrons. The van der Waals surface area contributed by atoms with Gasteiger partial charge in [-0.2, -0.15) is 18.2 Å². The van der Waals surface area contributed by atoms with Crippen LogP contribution in [0.5, 0.6) is 0 Å². The van der Waals surface area contributed by atoms with Gasteiger partial charge in [-0.1, -0.05) is 12.1 Å². The van der Waals surface area contributed by atoms with Crippen LogP contribution >= 0.6 is 0 Å². The molecule has 2 amide bonds. The fourth-order valence-corrected chi connectivity index (χ4v) is 3.16. The Morgan fingerprint density at radius 3 is 2.33 bits per heavy atom. The van der Waals surface area contributed by atoms with Gasteiger partial charge in [-0.25, -0.2) is 19.8 Å². The number of ether oxygens (including phenoxy) is 3. The largest absolute Gasteiger partial charge is 0.467 e. The van der Waals surface area contributed by atoms with E-state index in [2.05, 4.69) is 9.47 Å². The summed E-state index contributed by atoms with van der Waals surface area (Å²) < 4.78 is 54.5. The highest BCUT2D eigenvalue weighted by Gasteiger charge is 2.61. The van der Waals surface area contributed by atoms with E-state index in [4.69, 9.17) is 4.74 Å². The number of Topliss-reactive ketones (excluding diaryl/α,β-unsaturated/α-hetero) is 1. The van der Waals surface area contributed by atoms with Crippen molar-refractivity contribution in [2.24, 2.45) is 0 Å². The van der Waals surface area contributed by atoms with Crippen LogP contribution in [0.15, 0.2) is 18.2 Å². The van der Waals surface area contributed by atoms with Gasteiger partial charge in [0.2, 0.25) is 11.3 Å². The summed E-state index contributed by atoms with van der Waals surface area (Å²) in [6, 6.07) is 2.83. The highest BCUT2D eigenvalue weighted by atomic mass is 19.4. The Labute approximate surface area is 169 Å². The van der Waals surface area contributed by atoms with Crippen molar-refractivity contribution in [2.45, 2.75) is 32.0 Å². The molecule has 0 aromatic heterocycles. The number of carbonyl (C=O) groups is 4. The summed E-state index contributed by atoms with van der Waals surface area (Å²) >= 11 is 0. The number of hydrogen-bond donors (Lipinski definition) is 1. The molecule has 0 bridgehead atoms. The molecule has 0 heterocycles. The third-order valence-electron chi connectivity index (χ3n) is 4.37. The zero-order chi connectivity index (χ0) is 22.7. The fraction of sp³-hybridized carbons (Fsp3) is 0.444. The van der Waals surface area contributed by atoms with Crippen molar-refractivity contribution < 1.29 is 46.6 Å². The molecule has 1 aromatic rings. The van der Waals surface area contributed by atoms with Crippen molar-refractivity contribution in [2.75, 3.05) is 20.3 Å². The summed E-state index contributed by atoms with van der Waals surface area (Å²) in [6.07, 6.45) is -8.31. The Balaban J connectivity index is 2.69. The van der Waals surface area contributed by atoms with Crippen molar-refractivity contribution >= 4 is 23.9 Å². The summed E-state index contributed by atoms with van der Waals surface area (Å²) in [5.74, 6) is -2.53. The number of methoxy groups -OCH3 is 1. The molecular weight excluding hydrogens is 413 g/mol. The number of benzene rings is 1. The van der Waals surface area contributed by atoms with Crippen LogP contribution in [0.3, 0.4) is 0 Å². The van der Waals surface area contributed by atoms with Crippen molar-refractivity contribution in [1.29, 1.82) is 0 Å². The Bertz CT molecular complexity index is 872. The van der Waals surface area contributed by atoms with E-state index in [1.165, 1.54) is 13.8 Å². The first kappa shape index (κ1) is 23.0. The predicted molar refractivity (Wildman–Crippen MR) is 93.2 cm³/mol. The molecule has 0 saturated heterocycles. The first-order valence-electron chi connectivity index (χ1n) is 8.77. The monoisotopic (exact) mass is 432 g/mol. The van der Waals surface area contributed by atoms with Gasteiger partial charge in [0.15, 0.2) is 0 Å². The first-order chi connectivity index (χ1) is 14.0.